The van der Waals surface area contributed by atoms with Crippen LogP contribution in [-0.4, -0.2) is 23.8 Å². The Balaban J connectivity index is 1.36. The smallest absolute Gasteiger partial charge is 0.260 e. The van der Waals surface area contributed by atoms with Gasteiger partial charge >= 0.3 is 0 Å². The van der Waals surface area contributed by atoms with Gasteiger partial charge in [-0.25, -0.2) is 4.98 Å². The van der Waals surface area contributed by atoms with Gasteiger partial charge in [-0.15, -0.1) is 11.3 Å². The van der Waals surface area contributed by atoms with Gasteiger partial charge in [-0.1, -0.05) is 0 Å². The first-order valence-corrected chi connectivity index (χ1v) is 9.72. The quantitative estimate of drug-likeness (QED) is 0.729. The highest BCUT2D eigenvalue weighted by Crippen LogP contribution is 2.34. The minimum absolute atomic E-state index is 0.0141. The zero-order chi connectivity index (χ0) is 17.7. The molecule has 134 valence electrons. The van der Waals surface area contributed by atoms with Gasteiger partial charge in [0, 0.05) is 10.4 Å². The van der Waals surface area contributed by atoms with E-state index < -0.39 is 0 Å². The molecule has 1 atom stereocenters. The highest BCUT2D eigenvalue weighted by atomic mass is 32.1. The van der Waals surface area contributed by atoms with Gasteiger partial charge in [0.25, 0.3) is 5.56 Å². The minimum Gasteiger partial charge on any atom is -0.454 e. The van der Waals surface area contributed by atoms with E-state index >= 15 is 0 Å². The van der Waals surface area contributed by atoms with Crippen molar-refractivity contribution in [1.82, 2.24) is 9.97 Å². The number of hydrogen-bond donors (Lipinski definition) is 2. The summed E-state index contributed by atoms with van der Waals surface area (Å²) < 4.78 is 10.8. The van der Waals surface area contributed by atoms with Crippen LogP contribution in [0.2, 0.25) is 0 Å². The Morgan fingerprint density at radius 3 is 3.04 bits per heavy atom. The summed E-state index contributed by atoms with van der Waals surface area (Å²) in [7, 11) is 2.10. The molecule has 0 bridgehead atoms. The number of aryl methyl sites for hydroxylation is 2. The summed E-state index contributed by atoms with van der Waals surface area (Å²) in [6, 6.07) is 6.03. The van der Waals surface area contributed by atoms with Crippen LogP contribution >= 0.6 is 11.3 Å². The monoisotopic (exact) mass is 370 g/mol. The number of hydrogen-bond acceptors (Lipinski definition) is 5. The molecule has 6 nitrogen and oxygen atoms in total. The third kappa shape index (κ3) is 2.68. The van der Waals surface area contributed by atoms with Crippen molar-refractivity contribution in [3.05, 3.63) is 50.4 Å². The van der Waals surface area contributed by atoms with E-state index in [1.807, 2.05) is 12.1 Å². The molecule has 2 aromatic heterocycles. The van der Waals surface area contributed by atoms with Crippen molar-refractivity contribution in [2.24, 2.45) is 0 Å². The van der Waals surface area contributed by atoms with E-state index in [4.69, 9.17) is 14.5 Å². The SMILES string of the molecule is C[NH+](Cc1ccc2c(c1)OCO2)Cc1nc2sc3c(c2c(=O)[nH]1)CCC3. The summed E-state index contributed by atoms with van der Waals surface area (Å²) in [5.41, 5.74) is 2.41. The number of aromatic amines is 1. The van der Waals surface area contributed by atoms with E-state index in [0.29, 0.717) is 6.54 Å². The molecule has 0 fully saturated rings. The van der Waals surface area contributed by atoms with Gasteiger partial charge in [0.15, 0.2) is 17.3 Å². The first-order valence-electron chi connectivity index (χ1n) is 8.90. The molecule has 2 N–H and O–H groups in total. The molecule has 1 aromatic carbocycles. The van der Waals surface area contributed by atoms with Crippen molar-refractivity contribution in [3.63, 3.8) is 0 Å². The summed E-state index contributed by atoms with van der Waals surface area (Å²) in [5.74, 6) is 2.35. The number of quaternary nitrogens is 1. The number of benzene rings is 1. The fourth-order valence-electron chi connectivity index (χ4n) is 3.88. The fourth-order valence-corrected chi connectivity index (χ4v) is 5.16. The van der Waals surface area contributed by atoms with E-state index in [9.17, 15) is 4.79 Å². The standard InChI is InChI=1S/C19H19N3O3S/c1-22(8-11-5-6-13-14(7-11)25-10-24-13)9-16-20-18(23)17-12-3-2-4-15(12)26-19(17)21-16/h5-7H,2-4,8-10H2,1H3,(H,20,21,23)/p+1. The lowest BCUT2D eigenvalue weighted by atomic mass is 10.2. The molecule has 1 aliphatic carbocycles. The molecule has 3 heterocycles. The average Bonchev–Trinajstić information content (AvgIpc) is 3.28. The molecule has 7 heteroatoms. The highest BCUT2D eigenvalue weighted by Gasteiger charge is 2.22. The molecule has 1 aliphatic heterocycles. The Morgan fingerprint density at radius 2 is 2.12 bits per heavy atom. The topological polar surface area (TPSA) is 68.7 Å². The van der Waals surface area contributed by atoms with Gasteiger partial charge in [0.1, 0.15) is 17.9 Å². The predicted octanol–water partition coefficient (Wildman–Crippen LogP) is 1.42. The zero-order valence-electron chi connectivity index (χ0n) is 14.6. The van der Waals surface area contributed by atoms with E-state index in [1.54, 1.807) is 11.3 Å². The van der Waals surface area contributed by atoms with E-state index in [0.717, 1.165) is 53.3 Å². The van der Waals surface area contributed by atoms with E-state index in [2.05, 4.69) is 18.1 Å². The van der Waals surface area contributed by atoms with Crippen LogP contribution in [-0.2, 0) is 25.9 Å². The van der Waals surface area contributed by atoms with Gasteiger partial charge in [0.2, 0.25) is 6.79 Å². The second-order valence-corrected chi connectivity index (χ2v) is 8.13. The van der Waals surface area contributed by atoms with E-state index in [-0.39, 0.29) is 12.4 Å². The lowest BCUT2D eigenvalue weighted by Crippen LogP contribution is -3.06. The van der Waals surface area contributed by atoms with Gasteiger partial charge in [0.05, 0.1) is 12.4 Å². The molecule has 3 aromatic rings. The maximum Gasteiger partial charge on any atom is 0.260 e. The first-order chi connectivity index (χ1) is 12.7. The fraction of sp³-hybridized carbons (Fsp3) is 0.368. The average molecular weight is 370 g/mol. The van der Waals surface area contributed by atoms with Crippen LogP contribution in [0.15, 0.2) is 23.0 Å². The van der Waals surface area contributed by atoms with Gasteiger partial charge in [-0.2, -0.15) is 0 Å². The summed E-state index contributed by atoms with van der Waals surface area (Å²) in [6.07, 6.45) is 3.25. The maximum atomic E-state index is 12.6. The largest absolute Gasteiger partial charge is 0.454 e. The summed E-state index contributed by atoms with van der Waals surface area (Å²) in [6.45, 7) is 1.78. The lowest BCUT2D eigenvalue weighted by Gasteiger charge is -2.13. The third-order valence-electron chi connectivity index (χ3n) is 5.04. The van der Waals surface area contributed by atoms with Gasteiger partial charge in [-0.05, 0) is 43.0 Å². The molecule has 0 spiro atoms. The Labute approximate surface area is 154 Å². The molecular formula is C19H20N3O3S+. The number of H-pyrrole nitrogens is 1. The third-order valence-corrected chi connectivity index (χ3v) is 6.22. The maximum absolute atomic E-state index is 12.6. The Bertz CT molecular complexity index is 1060. The van der Waals surface area contributed by atoms with Crippen LogP contribution in [0.25, 0.3) is 10.2 Å². The molecular weight excluding hydrogens is 350 g/mol. The highest BCUT2D eigenvalue weighted by molar-refractivity contribution is 7.18. The van der Waals surface area contributed by atoms with Gasteiger partial charge < -0.3 is 19.4 Å². The number of thiophene rings is 1. The number of ether oxygens (including phenoxy) is 2. The normalized spacial score (nSPS) is 16.2. The number of nitrogens with zero attached hydrogens (tertiary/aromatic N) is 1. The molecule has 0 saturated carbocycles. The van der Waals surface area contributed by atoms with Crippen LogP contribution in [0.3, 0.4) is 0 Å². The first kappa shape index (κ1) is 15.8. The van der Waals surface area contributed by atoms with Crippen molar-refractivity contribution >= 4 is 21.6 Å². The van der Waals surface area contributed by atoms with Crippen molar-refractivity contribution in [3.8, 4) is 11.5 Å². The molecule has 0 radical (unpaired) electrons. The van der Waals surface area contributed by atoms with Crippen molar-refractivity contribution < 1.29 is 14.4 Å². The van der Waals surface area contributed by atoms with Crippen LogP contribution < -0.4 is 19.9 Å². The van der Waals surface area contributed by atoms with Crippen LogP contribution in [0, 0.1) is 0 Å². The van der Waals surface area contributed by atoms with Crippen LogP contribution in [0.1, 0.15) is 28.2 Å². The lowest BCUT2D eigenvalue weighted by molar-refractivity contribution is -0.908. The minimum atomic E-state index is 0.0141. The van der Waals surface area contributed by atoms with Gasteiger partial charge in [-0.3, -0.25) is 4.79 Å². The second kappa shape index (κ2) is 6.10. The second-order valence-electron chi connectivity index (χ2n) is 7.05. The summed E-state index contributed by atoms with van der Waals surface area (Å²) in [4.78, 5) is 23.8. The predicted molar refractivity (Wildman–Crippen MR) is 99.1 cm³/mol. The van der Waals surface area contributed by atoms with Crippen LogP contribution in [0.4, 0.5) is 0 Å². The number of rotatable bonds is 4. The van der Waals surface area contributed by atoms with Crippen molar-refractivity contribution in [2.45, 2.75) is 32.4 Å². The summed E-state index contributed by atoms with van der Waals surface area (Å²) in [5, 5.41) is 0.819. The summed E-state index contributed by atoms with van der Waals surface area (Å²) >= 11 is 1.69. The molecule has 1 unspecified atom stereocenters. The van der Waals surface area contributed by atoms with Crippen LogP contribution in [0.5, 0.6) is 11.5 Å². The molecule has 0 saturated heterocycles. The molecule has 5 rings (SSSR count). The zero-order valence-corrected chi connectivity index (χ0v) is 15.4. The molecule has 26 heavy (non-hydrogen) atoms. The van der Waals surface area contributed by atoms with Crippen molar-refractivity contribution in [1.29, 1.82) is 0 Å². The Morgan fingerprint density at radius 1 is 1.23 bits per heavy atom. The number of fused-ring (bicyclic) bond motifs is 4. The molecule has 0 amide bonds. The molecule has 2 aliphatic rings. The Hall–Kier alpha value is -2.38. The number of aromatic nitrogens is 2. The van der Waals surface area contributed by atoms with E-state index in [1.165, 1.54) is 20.9 Å². The Kier molecular flexibility index (Phi) is 3.72. The number of nitrogens with one attached hydrogen (secondary N) is 2. The van der Waals surface area contributed by atoms with Crippen molar-refractivity contribution in [2.75, 3.05) is 13.8 Å².